The largest absolute Gasteiger partial charge is 0.490 e. The van der Waals surface area contributed by atoms with E-state index < -0.39 is 0 Å². The molecule has 130 valence electrons. The predicted octanol–water partition coefficient (Wildman–Crippen LogP) is 4.29. The van der Waals surface area contributed by atoms with Gasteiger partial charge in [0.05, 0.1) is 16.8 Å². The lowest BCUT2D eigenvalue weighted by atomic mass is 10.0. The minimum Gasteiger partial charge on any atom is -0.490 e. The van der Waals surface area contributed by atoms with E-state index in [0.717, 1.165) is 42.5 Å². The Balaban J connectivity index is 1.52. The van der Waals surface area contributed by atoms with Crippen LogP contribution < -0.4 is 9.64 Å². The number of ether oxygens (including phenoxy) is 1. The molecule has 2 aromatic carbocycles. The van der Waals surface area contributed by atoms with Crippen LogP contribution in [0.5, 0.6) is 5.75 Å². The zero-order chi connectivity index (χ0) is 17.9. The van der Waals surface area contributed by atoms with Crippen molar-refractivity contribution in [3.63, 3.8) is 0 Å². The number of anilines is 1. The number of nitriles is 1. The van der Waals surface area contributed by atoms with Gasteiger partial charge in [-0.25, -0.2) is 4.39 Å². The van der Waals surface area contributed by atoms with Crippen molar-refractivity contribution in [1.82, 2.24) is 4.98 Å². The van der Waals surface area contributed by atoms with Crippen LogP contribution in [-0.4, -0.2) is 24.2 Å². The van der Waals surface area contributed by atoms with E-state index in [4.69, 9.17) is 4.74 Å². The molecule has 0 amide bonds. The van der Waals surface area contributed by atoms with Crippen molar-refractivity contribution in [3.05, 3.63) is 66.1 Å². The van der Waals surface area contributed by atoms with Crippen LogP contribution in [0.3, 0.4) is 0 Å². The molecule has 4 rings (SSSR count). The number of para-hydroxylation sites is 1. The highest BCUT2D eigenvalue weighted by Gasteiger charge is 2.24. The third-order valence-electron chi connectivity index (χ3n) is 4.74. The van der Waals surface area contributed by atoms with Gasteiger partial charge in [0.25, 0.3) is 0 Å². The number of rotatable bonds is 3. The fourth-order valence-electron chi connectivity index (χ4n) is 3.45. The SMILES string of the molecule is N#Cc1cnc2ccccc2c1N1CCC(Oc2ccc(F)cc2)CC1. The number of fused-ring (bicyclic) bond motifs is 1. The van der Waals surface area contributed by atoms with Gasteiger partial charge in [0, 0.05) is 37.5 Å². The summed E-state index contributed by atoms with van der Waals surface area (Å²) < 4.78 is 19.0. The first kappa shape index (κ1) is 16.3. The maximum absolute atomic E-state index is 13.0. The van der Waals surface area contributed by atoms with Crippen molar-refractivity contribution in [2.45, 2.75) is 18.9 Å². The Labute approximate surface area is 151 Å². The summed E-state index contributed by atoms with van der Waals surface area (Å²) in [6.45, 7) is 1.60. The molecule has 4 nitrogen and oxygen atoms in total. The van der Waals surface area contributed by atoms with E-state index >= 15 is 0 Å². The number of halogens is 1. The van der Waals surface area contributed by atoms with Gasteiger partial charge < -0.3 is 9.64 Å². The summed E-state index contributed by atoms with van der Waals surface area (Å²) >= 11 is 0. The molecule has 0 saturated carbocycles. The quantitative estimate of drug-likeness (QED) is 0.709. The summed E-state index contributed by atoms with van der Waals surface area (Å²) in [5.74, 6) is 0.428. The van der Waals surface area contributed by atoms with Gasteiger partial charge in [-0.3, -0.25) is 4.98 Å². The molecule has 26 heavy (non-hydrogen) atoms. The van der Waals surface area contributed by atoms with Gasteiger partial charge in [-0.1, -0.05) is 18.2 Å². The van der Waals surface area contributed by atoms with E-state index in [1.807, 2.05) is 24.3 Å². The molecule has 0 unspecified atom stereocenters. The van der Waals surface area contributed by atoms with E-state index in [1.165, 1.54) is 12.1 Å². The number of hydrogen-bond donors (Lipinski definition) is 0. The fraction of sp³-hybridized carbons (Fsp3) is 0.238. The molecular weight excluding hydrogens is 329 g/mol. The molecule has 1 aromatic heterocycles. The molecule has 1 aliphatic heterocycles. The van der Waals surface area contributed by atoms with Gasteiger partial charge in [-0.05, 0) is 30.3 Å². The van der Waals surface area contributed by atoms with E-state index in [0.29, 0.717) is 11.3 Å². The van der Waals surface area contributed by atoms with Gasteiger partial charge in [0.1, 0.15) is 23.7 Å². The smallest absolute Gasteiger partial charge is 0.123 e. The molecule has 1 fully saturated rings. The number of piperidine rings is 1. The lowest BCUT2D eigenvalue weighted by Gasteiger charge is -2.34. The first-order valence-corrected chi connectivity index (χ1v) is 8.69. The Morgan fingerprint density at radius 2 is 1.81 bits per heavy atom. The summed E-state index contributed by atoms with van der Waals surface area (Å²) in [5.41, 5.74) is 2.45. The molecule has 1 saturated heterocycles. The molecule has 0 aliphatic carbocycles. The Morgan fingerprint density at radius 3 is 2.54 bits per heavy atom. The standard InChI is InChI=1S/C21H18FN3O/c22-16-5-7-17(8-6-16)26-18-9-11-25(12-10-18)21-15(13-23)14-24-20-4-2-1-3-19(20)21/h1-8,14,18H,9-12H2. The normalized spacial score (nSPS) is 15.0. The third-order valence-corrected chi connectivity index (χ3v) is 4.74. The van der Waals surface area contributed by atoms with Crippen LogP contribution >= 0.6 is 0 Å². The molecule has 2 heterocycles. The van der Waals surface area contributed by atoms with E-state index in [2.05, 4.69) is 16.0 Å². The van der Waals surface area contributed by atoms with Crippen LogP contribution in [-0.2, 0) is 0 Å². The summed E-state index contributed by atoms with van der Waals surface area (Å²) in [5, 5.41) is 10.5. The second kappa shape index (κ2) is 7.01. The second-order valence-electron chi connectivity index (χ2n) is 6.41. The van der Waals surface area contributed by atoms with Crippen LogP contribution in [0.4, 0.5) is 10.1 Å². The third kappa shape index (κ3) is 3.18. The maximum Gasteiger partial charge on any atom is 0.123 e. The molecular formula is C21H18FN3O. The molecule has 0 spiro atoms. The Kier molecular flexibility index (Phi) is 4.40. The number of pyridine rings is 1. The lowest BCUT2D eigenvalue weighted by molar-refractivity contribution is 0.171. The van der Waals surface area contributed by atoms with Gasteiger partial charge in [-0.2, -0.15) is 5.26 Å². The zero-order valence-corrected chi connectivity index (χ0v) is 14.2. The number of benzene rings is 2. The topological polar surface area (TPSA) is 49.2 Å². The van der Waals surface area contributed by atoms with E-state index in [9.17, 15) is 9.65 Å². The van der Waals surface area contributed by atoms with Crippen LogP contribution in [0, 0.1) is 17.1 Å². The highest BCUT2D eigenvalue weighted by molar-refractivity contribution is 5.94. The molecule has 0 N–H and O–H groups in total. The Hall–Kier alpha value is -3.13. The van der Waals surface area contributed by atoms with Gasteiger partial charge in [-0.15, -0.1) is 0 Å². The van der Waals surface area contributed by atoms with E-state index in [1.54, 1.807) is 18.3 Å². The lowest BCUT2D eigenvalue weighted by Crippen LogP contribution is -2.38. The number of nitrogens with zero attached hydrogens (tertiary/aromatic N) is 3. The van der Waals surface area contributed by atoms with E-state index in [-0.39, 0.29) is 11.9 Å². The minimum atomic E-state index is -0.263. The van der Waals surface area contributed by atoms with Crippen molar-refractivity contribution >= 4 is 16.6 Å². The summed E-state index contributed by atoms with van der Waals surface area (Å²) in [7, 11) is 0. The van der Waals surface area contributed by atoms with Crippen LogP contribution in [0.2, 0.25) is 0 Å². The van der Waals surface area contributed by atoms with Crippen molar-refractivity contribution in [3.8, 4) is 11.8 Å². The summed E-state index contributed by atoms with van der Waals surface area (Å²) in [4.78, 5) is 6.62. The van der Waals surface area contributed by atoms with Gasteiger partial charge in [0.15, 0.2) is 0 Å². The van der Waals surface area contributed by atoms with Crippen molar-refractivity contribution in [1.29, 1.82) is 5.26 Å². The number of hydrogen-bond acceptors (Lipinski definition) is 4. The average molecular weight is 347 g/mol. The monoisotopic (exact) mass is 347 g/mol. The molecule has 0 atom stereocenters. The highest BCUT2D eigenvalue weighted by atomic mass is 19.1. The molecule has 1 aliphatic rings. The number of aromatic nitrogens is 1. The summed E-state index contributed by atoms with van der Waals surface area (Å²) in [6.07, 6.45) is 3.44. The summed E-state index contributed by atoms with van der Waals surface area (Å²) in [6, 6.07) is 16.3. The van der Waals surface area contributed by atoms with Crippen molar-refractivity contribution in [2.24, 2.45) is 0 Å². The maximum atomic E-state index is 13.0. The second-order valence-corrected chi connectivity index (χ2v) is 6.41. The van der Waals surface area contributed by atoms with Crippen molar-refractivity contribution in [2.75, 3.05) is 18.0 Å². The first-order valence-electron chi connectivity index (χ1n) is 8.69. The molecule has 0 radical (unpaired) electrons. The molecule has 5 heteroatoms. The highest BCUT2D eigenvalue weighted by Crippen LogP contribution is 2.32. The first-order chi connectivity index (χ1) is 12.7. The Bertz CT molecular complexity index is 957. The Morgan fingerprint density at radius 1 is 1.08 bits per heavy atom. The fourth-order valence-corrected chi connectivity index (χ4v) is 3.45. The average Bonchev–Trinajstić information content (AvgIpc) is 2.69. The minimum absolute atomic E-state index is 0.0929. The van der Waals surface area contributed by atoms with Crippen molar-refractivity contribution < 1.29 is 9.13 Å². The van der Waals surface area contributed by atoms with Gasteiger partial charge in [0.2, 0.25) is 0 Å². The van der Waals surface area contributed by atoms with Crippen LogP contribution in [0.25, 0.3) is 10.9 Å². The van der Waals surface area contributed by atoms with Gasteiger partial charge >= 0.3 is 0 Å². The van der Waals surface area contributed by atoms with Crippen LogP contribution in [0.1, 0.15) is 18.4 Å². The predicted molar refractivity (Wildman–Crippen MR) is 98.7 cm³/mol. The molecule has 0 bridgehead atoms. The zero-order valence-electron chi connectivity index (χ0n) is 14.2. The van der Waals surface area contributed by atoms with Crippen LogP contribution in [0.15, 0.2) is 54.7 Å². The molecule has 3 aromatic rings.